The standard InChI is InChI=1S/C10H15N3/c1-4-9(5-2)11-8-10-6-7-13(3)12-10/h1,6-7,9,11H,5,8H2,2-3H3. The van der Waals surface area contributed by atoms with Crippen LogP contribution in [0.5, 0.6) is 0 Å². The molecular formula is C10H15N3. The van der Waals surface area contributed by atoms with E-state index in [4.69, 9.17) is 6.42 Å². The van der Waals surface area contributed by atoms with E-state index in [1.54, 1.807) is 4.68 Å². The van der Waals surface area contributed by atoms with Crippen LogP contribution in [0.2, 0.25) is 0 Å². The number of nitrogens with one attached hydrogen (secondary N) is 1. The molecular weight excluding hydrogens is 162 g/mol. The maximum Gasteiger partial charge on any atom is 0.0762 e. The van der Waals surface area contributed by atoms with Crippen molar-refractivity contribution in [3.05, 3.63) is 18.0 Å². The predicted octanol–water partition coefficient (Wildman–Crippen LogP) is 0.921. The minimum absolute atomic E-state index is 0.155. The summed E-state index contributed by atoms with van der Waals surface area (Å²) in [5.74, 6) is 2.68. The van der Waals surface area contributed by atoms with Gasteiger partial charge in [0.1, 0.15) is 0 Å². The van der Waals surface area contributed by atoms with Gasteiger partial charge in [0, 0.05) is 19.8 Å². The zero-order valence-electron chi connectivity index (χ0n) is 8.12. The molecule has 1 N–H and O–H groups in total. The minimum Gasteiger partial charge on any atom is -0.298 e. The molecule has 0 radical (unpaired) electrons. The summed E-state index contributed by atoms with van der Waals surface area (Å²) in [7, 11) is 1.90. The Hall–Kier alpha value is -1.27. The van der Waals surface area contributed by atoms with Gasteiger partial charge in [0.15, 0.2) is 0 Å². The van der Waals surface area contributed by atoms with Gasteiger partial charge in [0.05, 0.1) is 11.7 Å². The van der Waals surface area contributed by atoms with Crippen molar-refractivity contribution in [2.75, 3.05) is 0 Å². The van der Waals surface area contributed by atoms with E-state index < -0.39 is 0 Å². The largest absolute Gasteiger partial charge is 0.298 e. The lowest BCUT2D eigenvalue weighted by atomic mass is 10.2. The monoisotopic (exact) mass is 177 g/mol. The van der Waals surface area contributed by atoms with Crippen molar-refractivity contribution in [2.24, 2.45) is 7.05 Å². The van der Waals surface area contributed by atoms with Crippen LogP contribution in [0.25, 0.3) is 0 Å². The molecule has 1 unspecified atom stereocenters. The lowest BCUT2D eigenvalue weighted by Gasteiger charge is -2.08. The van der Waals surface area contributed by atoms with Crippen molar-refractivity contribution in [1.82, 2.24) is 15.1 Å². The molecule has 3 nitrogen and oxygen atoms in total. The second-order valence-electron chi connectivity index (χ2n) is 2.99. The van der Waals surface area contributed by atoms with Crippen molar-refractivity contribution >= 4 is 0 Å². The van der Waals surface area contributed by atoms with E-state index in [9.17, 15) is 0 Å². The average molecular weight is 177 g/mol. The van der Waals surface area contributed by atoms with E-state index in [1.165, 1.54) is 0 Å². The molecule has 3 heteroatoms. The van der Waals surface area contributed by atoms with Crippen LogP contribution in [0.4, 0.5) is 0 Å². The number of aromatic nitrogens is 2. The Labute approximate surface area is 79.1 Å². The van der Waals surface area contributed by atoms with Crippen LogP contribution in [0, 0.1) is 12.3 Å². The van der Waals surface area contributed by atoms with Crippen molar-refractivity contribution in [2.45, 2.75) is 25.9 Å². The third-order valence-corrected chi connectivity index (χ3v) is 1.91. The maximum absolute atomic E-state index is 5.31. The smallest absolute Gasteiger partial charge is 0.0762 e. The first-order valence-electron chi connectivity index (χ1n) is 4.44. The number of hydrogen-bond acceptors (Lipinski definition) is 2. The molecule has 0 aliphatic rings. The Morgan fingerprint density at radius 3 is 3.00 bits per heavy atom. The zero-order valence-corrected chi connectivity index (χ0v) is 8.12. The summed E-state index contributed by atoms with van der Waals surface area (Å²) in [6.07, 6.45) is 8.19. The number of terminal acetylenes is 1. The Bertz CT molecular complexity index is 295. The third kappa shape index (κ3) is 2.92. The van der Waals surface area contributed by atoms with Gasteiger partial charge in [-0.05, 0) is 12.5 Å². The molecule has 0 fully saturated rings. The van der Waals surface area contributed by atoms with Crippen LogP contribution < -0.4 is 5.32 Å². The fraction of sp³-hybridized carbons (Fsp3) is 0.500. The van der Waals surface area contributed by atoms with E-state index in [1.807, 2.05) is 19.3 Å². The summed E-state index contributed by atoms with van der Waals surface area (Å²) in [6, 6.07) is 2.14. The van der Waals surface area contributed by atoms with Gasteiger partial charge in [-0.1, -0.05) is 12.8 Å². The number of hydrogen-bond donors (Lipinski definition) is 1. The molecule has 0 aliphatic carbocycles. The first-order valence-corrected chi connectivity index (χ1v) is 4.44. The van der Waals surface area contributed by atoms with Gasteiger partial charge < -0.3 is 0 Å². The minimum atomic E-state index is 0.155. The molecule has 1 aromatic rings. The molecule has 0 saturated heterocycles. The fourth-order valence-electron chi connectivity index (χ4n) is 1.11. The molecule has 1 atom stereocenters. The summed E-state index contributed by atoms with van der Waals surface area (Å²) >= 11 is 0. The molecule has 13 heavy (non-hydrogen) atoms. The molecule has 0 saturated carbocycles. The summed E-state index contributed by atoms with van der Waals surface area (Å²) in [6.45, 7) is 2.81. The summed E-state index contributed by atoms with van der Waals surface area (Å²) in [5.41, 5.74) is 1.02. The van der Waals surface area contributed by atoms with Crippen molar-refractivity contribution in [1.29, 1.82) is 0 Å². The lowest BCUT2D eigenvalue weighted by Crippen LogP contribution is -2.26. The Morgan fingerprint density at radius 1 is 1.77 bits per heavy atom. The molecule has 0 amide bonds. The average Bonchev–Trinajstić information content (AvgIpc) is 2.53. The molecule has 0 bridgehead atoms. The molecule has 0 aliphatic heterocycles. The molecule has 1 heterocycles. The van der Waals surface area contributed by atoms with Crippen molar-refractivity contribution in [3.63, 3.8) is 0 Å². The van der Waals surface area contributed by atoms with Crippen LogP contribution in [-0.4, -0.2) is 15.8 Å². The molecule has 1 aromatic heterocycles. The van der Waals surface area contributed by atoms with E-state index in [-0.39, 0.29) is 6.04 Å². The van der Waals surface area contributed by atoms with E-state index >= 15 is 0 Å². The summed E-state index contributed by atoms with van der Waals surface area (Å²) < 4.78 is 1.79. The Kier molecular flexibility index (Phi) is 3.53. The molecule has 70 valence electrons. The van der Waals surface area contributed by atoms with E-state index in [2.05, 4.69) is 23.3 Å². The van der Waals surface area contributed by atoms with Crippen LogP contribution >= 0.6 is 0 Å². The Morgan fingerprint density at radius 2 is 2.54 bits per heavy atom. The quantitative estimate of drug-likeness (QED) is 0.693. The van der Waals surface area contributed by atoms with Gasteiger partial charge in [-0.3, -0.25) is 10.00 Å². The number of aryl methyl sites for hydroxylation is 1. The second-order valence-corrected chi connectivity index (χ2v) is 2.99. The van der Waals surface area contributed by atoms with Crippen LogP contribution in [0.3, 0.4) is 0 Å². The predicted molar refractivity (Wildman–Crippen MR) is 53.0 cm³/mol. The number of rotatable bonds is 4. The highest BCUT2D eigenvalue weighted by Gasteiger charge is 2.01. The van der Waals surface area contributed by atoms with Crippen LogP contribution in [0.15, 0.2) is 12.3 Å². The highest BCUT2D eigenvalue weighted by atomic mass is 15.3. The van der Waals surface area contributed by atoms with Gasteiger partial charge in [-0.15, -0.1) is 6.42 Å². The van der Waals surface area contributed by atoms with Crippen molar-refractivity contribution < 1.29 is 0 Å². The van der Waals surface area contributed by atoms with Crippen molar-refractivity contribution in [3.8, 4) is 12.3 Å². The van der Waals surface area contributed by atoms with Crippen LogP contribution in [-0.2, 0) is 13.6 Å². The van der Waals surface area contributed by atoms with Gasteiger partial charge in [0.2, 0.25) is 0 Å². The fourth-order valence-corrected chi connectivity index (χ4v) is 1.11. The Balaban J connectivity index is 2.39. The SMILES string of the molecule is C#CC(CC)NCc1ccn(C)n1. The first-order chi connectivity index (χ1) is 6.26. The second kappa shape index (κ2) is 4.68. The molecule has 0 spiro atoms. The summed E-state index contributed by atoms with van der Waals surface area (Å²) in [4.78, 5) is 0. The van der Waals surface area contributed by atoms with E-state index in [0.717, 1.165) is 18.7 Å². The maximum atomic E-state index is 5.31. The lowest BCUT2D eigenvalue weighted by molar-refractivity contribution is 0.579. The highest BCUT2D eigenvalue weighted by Crippen LogP contribution is 1.95. The van der Waals surface area contributed by atoms with Gasteiger partial charge in [0.25, 0.3) is 0 Å². The first kappa shape index (κ1) is 9.82. The van der Waals surface area contributed by atoms with E-state index in [0.29, 0.717) is 0 Å². The zero-order chi connectivity index (χ0) is 9.68. The third-order valence-electron chi connectivity index (χ3n) is 1.91. The van der Waals surface area contributed by atoms with Gasteiger partial charge in [-0.25, -0.2) is 0 Å². The van der Waals surface area contributed by atoms with Gasteiger partial charge in [-0.2, -0.15) is 5.10 Å². The van der Waals surface area contributed by atoms with Crippen LogP contribution in [0.1, 0.15) is 19.0 Å². The topological polar surface area (TPSA) is 29.9 Å². The molecule has 1 rings (SSSR count). The normalized spacial score (nSPS) is 12.4. The summed E-state index contributed by atoms with van der Waals surface area (Å²) in [5, 5.41) is 7.47. The number of nitrogens with zero attached hydrogens (tertiary/aromatic N) is 2. The molecule has 0 aromatic carbocycles. The van der Waals surface area contributed by atoms with Gasteiger partial charge >= 0.3 is 0 Å². The highest BCUT2D eigenvalue weighted by molar-refractivity contribution is 5.02.